The second-order valence-corrected chi connectivity index (χ2v) is 13.1. The molecular weight excluding hydrogens is 643 g/mol. The van der Waals surface area contributed by atoms with Crippen LogP contribution < -0.4 is 25.6 Å². The number of carbonyl (C=O) groups excluding carboxylic acids is 3. The minimum absolute atomic E-state index is 0.0996. The smallest absolute Gasteiger partial charge is 0.272 e. The predicted molar refractivity (Wildman–Crippen MR) is 196 cm³/mol. The maximum absolute atomic E-state index is 13.4. The molecule has 0 spiro atoms. The number of hydrogen-bond donors (Lipinski definition) is 3. The Kier molecular flexibility index (Phi) is 11.3. The summed E-state index contributed by atoms with van der Waals surface area (Å²) in [6.45, 7) is 1.82. The molecule has 0 aliphatic rings. The quantitative estimate of drug-likeness (QED) is 0.0931. The van der Waals surface area contributed by atoms with Crippen LogP contribution in [0.15, 0.2) is 119 Å². The van der Waals surface area contributed by atoms with Gasteiger partial charge in [0.15, 0.2) is 5.13 Å². The van der Waals surface area contributed by atoms with E-state index in [1.54, 1.807) is 49.6 Å². The van der Waals surface area contributed by atoms with Crippen LogP contribution in [0.1, 0.15) is 22.8 Å². The van der Waals surface area contributed by atoms with Gasteiger partial charge in [-0.3, -0.25) is 14.4 Å². The Balaban J connectivity index is 1.21. The van der Waals surface area contributed by atoms with Crippen LogP contribution in [0.3, 0.4) is 0 Å². The number of rotatable bonds is 12. The van der Waals surface area contributed by atoms with E-state index >= 15 is 0 Å². The van der Waals surface area contributed by atoms with Gasteiger partial charge in [0, 0.05) is 46.9 Å². The number of methoxy groups -OCH3 is 1. The zero-order chi connectivity index (χ0) is 34.0. The highest BCUT2D eigenvalue weighted by atomic mass is 32.2. The minimum atomic E-state index is -0.471. The van der Waals surface area contributed by atoms with Crippen molar-refractivity contribution in [3.05, 3.63) is 125 Å². The van der Waals surface area contributed by atoms with E-state index in [1.807, 2.05) is 98.0 Å². The van der Waals surface area contributed by atoms with Crippen LogP contribution in [0.25, 0.3) is 17.3 Å². The van der Waals surface area contributed by atoms with E-state index in [9.17, 15) is 14.4 Å². The van der Waals surface area contributed by atoms with Crippen LogP contribution in [0, 0.1) is 0 Å². The molecule has 1 atom stereocenters. The predicted octanol–water partition coefficient (Wildman–Crippen LogP) is 7.41. The van der Waals surface area contributed by atoms with Crippen LogP contribution >= 0.6 is 23.1 Å². The van der Waals surface area contributed by atoms with Crippen molar-refractivity contribution in [1.29, 1.82) is 0 Å². The number of aromatic nitrogens is 1. The first-order valence-corrected chi connectivity index (χ1v) is 16.8. The van der Waals surface area contributed by atoms with E-state index in [2.05, 4.69) is 20.9 Å². The van der Waals surface area contributed by atoms with Crippen molar-refractivity contribution in [2.45, 2.75) is 17.1 Å². The SMILES string of the molecule is COc1ccc(-c2csc(NC(=O)C(C)Sc3ccc(NC(=O)/C(=C/c4ccc(N(C)C)cc4)NC(=O)c4ccccc4)cc3)n2)cc1. The summed E-state index contributed by atoms with van der Waals surface area (Å²) in [6.07, 6.45) is 1.64. The van der Waals surface area contributed by atoms with Gasteiger partial charge >= 0.3 is 0 Å². The van der Waals surface area contributed by atoms with E-state index in [0.29, 0.717) is 16.4 Å². The fourth-order valence-electron chi connectivity index (χ4n) is 4.48. The fraction of sp³-hybridized carbons (Fsp3) is 0.135. The molecule has 0 fully saturated rings. The number of anilines is 3. The van der Waals surface area contributed by atoms with Crippen LogP contribution in [0.2, 0.25) is 0 Å². The molecule has 0 bridgehead atoms. The highest BCUT2D eigenvalue weighted by molar-refractivity contribution is 8.00. The lowest BCUT2D eigenvalue weighted by atomic mass is 10.1. The first-order valence-electron chi connectivity index (χ1n) is 15.0. The molecule has 1 unspecified atom stereocenters. The van der Waals surface area contributed by atoms with E-state index in [1.165, 1.54) is 23.1 Å². The number of nitrogens with zero attached hydrogens (tertiary/aromatic N) is 2. The second kappa shape index (κ2) is 15.9. The first-order chi connectivity index (χ1) is 23.2. The van der Waals surface area contributed by atoms with Gasteiger partial charge in [-0.25, -0.2) is 4.98 Å². The van der Waals surface area contributed by atoms with Gasteiger partial charge in [-0.2, -0.15) is 0 Å². The Labute approximate surface area is 288 Å². The Morgan fingerprint density at radius 3 is 2.21 bits per heavy atom. The molecule has 9 nitrogen and oxygen atoms in total. The van der Waals surface area contributed by atoms with Crippen molar-refractivity contribution in [3.8, 4) is 17.0 Å². The van der Waals surface area contributed by atoms with Gasteiger partial charge in [0.1, 0.15) is 11.4 Å². The molecule has 48 heavy (non-hydrogen) atoms. The topological polar surface area (TPSA) is 113 Å². The number of thioether (sulfide) groups is 1. The maximum atomic E-state index is 13.4. The molecule has 3 N–H and O–H groups in total. The highest BCUT2D eigenvalue weighted by Gasteiger charge is 2.18. The first kappa shape index (κ1) is 34.0. The standard InChI is InChI=1S/C37H35N5O4S2/c1-24(34(43)41-37-40-33(23-47-37)26-12-18-30(46-4)19-13-26)48-31-20-14-28(15-21-31)38-36(45)32(39-35(44)27-8-6-5-7-9-27)22-25-10-16-29(17-11-25)42(2)3/h5-24H,1-4H3,(H,38,45)(H,39,44)(H,40,41,43)/b32-22-. The summed E-state index contributed by atoms with van der Waals surface area (Å²) < 4.78 is 5.21. The molecular formula is C37H35N5O4S2. The molecule has 3 amide bonds. The normalized spacial score (nSPS) is 11.7. The van der Waals surface area contributed by atoms with Crippen molar-refractivity contribution >= 4 is 63.4 Å². The molecule has 0 radical (unpaired) electrons. The summed E-state index contributed by atoms with van der Waals surface area (Å²) >= 11 is 2.75. The summed E-state index contributed by atoms with van der Waals surface area (Å²) in [5.41, 5.74) is 4.55. The molecule has 0 saturated carbocycles. The van der Waals surface area contributed by atoms with Gasteiger partial charge in [0.25, 0.3) is 11.8 Å². The lowest BCUT2D eigenvalue weighted by Crippen LogP contribution is -2.30. The lowest BCUT2D eigenvalue weighted by molar-refractivity contribution is -0.115. The molecule has 0 aliphatic heterocycles. The number of ether oxygens (including phenoxy) is 1. The molecule has 5 aromatic rings. The van der Waals surface area contributed by atoms with Gasteiger partial charge in [-0.15, -0.1) is 23.1 Å². The van der Waals surface area contributed by atoms with E-state index < -0.39 is 17.1 Å². The molecule has 1 aromatic heterocycles. The summed E-state index contributed by atoms with van der Waals surface area (Å²) in [5, 5.41) is 10.6. The average Bonchev–Trinajstić information content (AvgIpc) is 3.57. The Hall–Kier alpha value is -5.39. The van der Waals surface area contributed by atoms with Gasteiger partial charge in [0.05, 0.1) is 18.1 Å². The van der Waals surface area contributed by atoms with E-state index in [0.717, 1.165) is 33.2 Å². The largest absolute Gasteiger partial charge is 0.497 e. The summed E-state index contributed by atoms with van der Waals surface area (Å²) in [4.78, 5) is 46.7. The molecule has 11 heteroatoms. The lowest BCUT2D eigenvalue weighted by Gasteiger charge is -2.14. The maximum Gasteiger partial charge on any atom is 0.272 e. The number of nitrogens with one attached hydrogen (secondary N) is 3. The van der Waals surface area contributed by atoms with E-state index in [-0.39, 0.29) is 11.6 Å². The molecule has 0 aliphatic carbocycles. The number of amides is 3. The van der Waals surface area contributed by atoms with Gasteiger partial charge in [-0.05, 0) is 91.4 Å². The Morgan fingerprint density at radius 1 is 0.875 bits per heavy atom. The van der Waals surface area contributed by atoms with Crippen molar-refractivity contribution in [3.63, 3.8) is 0 Å². The molecule has 1 heterocycles. The number of carbonyl (C=O) groups is 3. The van der Waals surface area contributed by atoms with Gasteiger partial charge in [-0.1, -0.05) is 30.3 Å². The molecule has 5 rings (SSSR count). The Bertz CT molecular complexity index is 1890. The van der Waals surface area contributed by atoms with Crippen molar-refractivity contribution in [2.75, 3.05) is 36.7 Å². The van der Waals surface area contributed by atoms with Crippen LogP contribution in [0.4, 0.5) is 16.5 Å². The second-order valence-electron chi connectivity index (χ2n) is 10.9. The monoisotopic (exact) mass is 677 g/mol. The van der Waals surface area contributed by atoms with Crippen LogP contribution in [-0.4, -0.2) is 49.2 Å². The zero-order valence-electron chi connectivity index (χ0n) is 26.9. The third kappa shape index (κ3) is 9.11. The number of benzene rings is 4. The summed E-state index contributed by atoms with van der Waals surface area (Å²) in [5.74, 6) is -0.271. The molecule has 0 saturated heterocycles. The van der Waals surface area contributed by atoms with Crippen LogP contribution in [0.5, 0.6) is 5.75 Å². The Morgan fingerprint density at radius 2 is 1.56 bits per heavy atom. The molecule has 244 valence electrons. The van der Waals surface area contributed by atoms with Gasteiger partial charge < -0.3 is 25.6 Å². The zero-order valence-corrected chi connectivity index (χ0v) is 28.5. The molecule has 4 aromatic carbocycles. The third-order valence-corrected chi connectivity index (χ3v) is 9.03. The van der Waals surface area contributed by atoms with Crippen LogP contribution in [-0.2, 0) is 9.59 Å². The fourth-order valence-corrected chi connectivity index (χ4v) is 6.07. The summed E-state index contributed by atoms with van der Waals surface area (Å²) in [7, 11) is 5.52. The van der Waals surface area contributed by atoms with Crippen molar-refractivity contribution in [2.24, 2.45) is 0 Å². The number of thiazole rings is 1. The van der Waals surface area contributed by atoms with Crippen molar-refractivity contribution in [1.82, 2.24) is 10.3 Å². The number of hydrogen-bond acceptors (Lipinski definition) is 8. The van der Waals surface area contributed by atoms with Crippen molar-refractivity contribution < 1.29 is 19.1 Å². The van der Waals surface area contributed by atoms with Gasteiger partial charge in [0.2, 0.25) is 5.91 Å². The van der Waals surface area contributed by atoms with E-state index in [4.69, 9.17) is 4.74 Å². The highest BCUT2D eigenvalue weighted by Crippen LogP contribution is 2.29. The minimum Gasteiger partial charge on any atom is -0.497 e. The summed E-state index contributed by atoms with van der Waals surface area (Å²) in [6, 6.07) is 31.1. The average molecular weight is 678 g/mol. The third-order valence-electron chi connectivity index (χ3n) is 7.16.